The fourth-order valence-corrected chi connectivity index (χ4v) is 3.74. The van der Waals surface area contributed by atoms with Gasteiger partial charge in [0, 0.05) is 10.1 Å². The van der Waals surface area contributed by atoms with Gasteiger partial charge in [0.15, 0.2) is 0 Å². The van der Waals surface area contributed by atoms with Gasteiger partial charge in [-0.1, -0.05) is 45.0 Å². The van der Waals surface area contributed by atoms with Crippen molar-refractivity contribution in [1.29, 1.82) is 0 Å². The lowest BCUT2D eigenvalue weighted by molar-refractivity contribution is 0.0932. The van der Waals surface area contributed by atoms with E-state index in [-0.39, 0.29) is 11.9 Å². The van der Waals surface area contributed by atoms with E-state index in [1.807, 2.05) is 43.3 Å². The minimum Gasteiger partial charge on any atom is -0.496 e. The van der Waals surface area contributed by atoms with Crippen LogP contribution in [0.2, 0.25) is 0 Å². The molecule has 0 aliphatic heterocycles. The number of hydrogen-bond donors (Lipinski definition) is 1. The average Bonchev–Trinajstić information content (AvgIpc) is 2.59. The van der Waals surface area contributed by atoms with Gasteiger partial charge in [-0.05, 0) is 42.7 Å². The molecule has 25 heavy (non-hydrogen) atoms. The third-order valence-corrected chi connectivity index (χ3v) is 5.11. The highest BCUT2D eigenvalue weighted by molar-refractivity contribution is 8.00. The molecule has 134 valence electrons. The van der Waals surface area contributed by atoms with Crippen LogP contribution in [0.15, 0.2) is 47.4 Å². The van der Waals surface area contributed by atoms with Gasteiger partial charge < -0.3 is 10.1 Å². The number of rotatable bonds is 7. The minimum absolute atomic E-state index is 0.0192. The fraction of sp³-hybridized carbons (Fsp3) is 0.381. The van der Waals surface area contributed by atoms with E-state index >= 15 is 0 Å². The van der Waals surface area contributed by atoms with Crippen LogP contribution in [0.25, 0.3) is 0 Å². The first kappa shape index (κ1) is 19.4. The molecule has 1 atom stereocenters. The van der Waals surface area contributed by atoms with Gasteiger partial charge in [0.25, 0.3) is 5.91 Å². The van der Waals surface area contributed by atoms with Gasteiger partial charge in [-0.25, -0.2) is 0 Å². The standard InChI is InChI=1S/C21H27NO2S/c1-6-18(16-11-12-19(24-5)15(4)13-16)22-21(23)17-9-7-8-10-20(17)25-14(2)3/h7-14,18H,6H2,1-5H3,(H,22,23). The van der Waals surface area contributed by atoms with E-state index in [0.29, 0.717) is 5.25 Å². The molecule has 0 spiro atoms. The molecule has 3 nitrogen and oxygen atoms in total. The normalized spacial score (nSPS) is 12.1. The molecule has 0 saturated carbocycles. The second-order valence-electron chi connectivity index (χ2n) is 6.33. The number of nitrogens with one attached hydrogen (secondary N) is 1. The van der Waals surface area contributed by atoms with Crippen LogP contribution in [0.3, 0.4) is 0 Å². The van der Waals surface area contributed by atoms with Crippen LogP contribution < -0.4 is 10.1 Å². The Bertz CT molecular complexity index is 728. The summed E-state index contributed by atoms with van der Waals surface area (Å²) < 4.78 is 5.33. The number of benzene rings is 2. The van der Waals surface area contributed by atoms with Crippen molar-refractivity contribution in [3.05, 3.63) is 59.2 Å². The molecule has 0 fully saturated rings. The van der Waals surface area contributed by atoms with E-state index in [1.54, 1.807) is 18.9 Å². The summed E-state index contributed by atoms with van der Waals surface area (Å²) in [6.07, 6.45) is 0.830. The van der Waals surface area contributed by atoms with Crippen molar-refractivity contribution in [1.82, 2.24) is 5.32 Å². The minimum atomic E-state index is -0.0240. The maximum Gasteiger partial charge on any atom is 0.252 e. The Labute approximate surface area is 155 Å². The Hall–Kier alpha value is -1.94. The Balaban J connectivity index is 2.22. The Morgan fingerprint density at radius 2 is 1.92 bits per heavy atom. The number of methoxy groups -OCH3 is 1. The first-order valence-corrected chi connectivity index (χ1v) is 9.55. The SMILES string of the molecule is CCC(NC(=O)c1ccccc1SC(C)C)c1ccc(OC)c(C)c1. The predicted octanol–water partition coefficient (Wildman–Crippen LogP) is 5.39. The molecule has 2 aromatic carbocycles. The average molecular weight is 358 g/mol. The van der Waals surface area contributed by atoms with Gasteiger partial charge in [-0.15, -0.1) is 11.8 Å². The third kappa shape index (κ3) is 5.02. The molecule has 0 radical (unpaired) electrons. The fourth-order valence-electron chi connectivity index (χ4n) is 2.79. The van der Waals surface area contributed by atoms with Gasteiger partial charge in [-0.2, -0.15) is 0 Å². The van der Waals surface area contributed by atoms with Crippen molar-refractivity contribution in [3.8, 4) is 5.75 Å². The van der Waals surface area contributed by atoms with E-state index in [1.165, 1.54) is 0 Å². The number of aryl methyl sites for hydroxylation is 1. The zero-order valence-corrected chi connectivity index (χ0v) is 16.4. The van der Waals surface area contributed by atoms with Gasteiger partial charge >= 0.3 is 0 Å². The maximum atomic E-state index is 12.8. The van der Waals surface area contributed by atoms with Crippen LogP contribution in [0.5, 0.6) is 5.75 Å². The number of thioether (sulfide) groups is 1. The highest BCUT2D eigenvalue weighted by Gasteiger charge is 2.18. The first-order chi connectivity index (χ1) is 12.0. The highest BCUT2D eigenvalue weighted by atomic mass is 32.2. The van der Waals surface area contributed by atoms with Crippen molar-refractivity contribution in [3.63, 3.8) is 0 Å². The number of carbonyl (C=O) groups is 1. The molecule has 1 N–H and O–H groups in total. The lowest BCUT2D eigenvalue weighted by Gasteiger charge is -2.20. The summed E-state index contributed by atoms with van der Waals surface area (Å²) in [6, 6.07) is 13.8. The van der Waals surface area contributed by atoms with Crippen LogP contribution >= 0.6 is 11.8 Å². The maximum absolute atomic E-state index is 12.8. The third-order valence-electron chi connectivity index (χ3n) is 4.03. The van der Waals surface area contributed by atoms with Crippen LogP contribution in [0, 0.1) is 6.92 Å². The quantitative estimate of drug-likeness (QED) is 0.676. The molecule has 2 rings (SSSR count). The molecule has 4 heteroatoms. The summed E-state index contributed by atoms with van der Waals surface area (Å²) in [5.74, 6) is 0.840. The molecule has 0 aromatic heterocycles. The zero-order valence-electron chi connectivity index (χ0n) is 15.6. The Kier molecular flexibility index (Phi) is 6.94. The number of amides is 1. The summed E-state index contributed by atoms with van der Waals surface area (Å²) in [7, 11) is 1.67. The largest absolute Gasteiger partial charge is 0.496 e. The molecule has 0 aliphatic carbocycles. The molecule has 1 amide bonds. The summed E-state index contributed by atoms with van der Waals surface area (Å²) in [6.45, 7) is 8.37. The summed E-state index contributed by atoms with van der Waals surface area (Å²) in [4.78, 5) is 13.9. The van der Waals surface area contributed by atoms with Gasteiger partial charge in [0.2, 0.25) is 0 Å². The summed E-state index contributed by atoms with van der Waals surface area (Å²) in [5, 5.41) is 3.62. The number of hydrogen-bond acceptors (Lipinski definition) is 3. The van der Waals surface area contributed by atoms with Crippen LogP contribution in [-0.2, 0) is 0 Å². The molecule has 0 heterocycles. The van der Waals surface area contributed by atoms with E-state index in [2.05, 4.69) is 32.2 Å². The topological polar surface area (TPSA) is 38.3 Å². The second kappa shape index (κ2) is 8.95. The molecule has 2 aromatic rings. The molecule has 0 aliphatic rings. The van der Waals surface area contributed by atoms with Gasteiger partial charge in [0.1, 0.15) is 5.75 Å². The van der Waals surface area contributed by atoms with E-state index in [0.717, 1.165) is 33.8 Å². The van der Waals surface area contributed by atoms with Crippen LogP contribution in [-0.4, -0.2) is 18.3 Å². The lowest BCUT2D eigenvalue weighted by Crippen LogP contribution is -2.28. The van der Waals surface area contributed by atoms with Crippen LogP contribution in [0.1, 0.15) is 54.7 Å². The predicted molar refractivity (Wildman–Crippen MR) is 106 cm³/mol. The van der Waals surface area contributed by atoms with Crippen molar-refractivity contribution in [2.24, 2.45) is 0 Å². The van der Waals surface area contributed by atoms with E-state index in [4.69, 9.17) is 4.74 Å². The monoisotopic (exact) mass is 357 g/mol. The molecule has 1 unspecified atom stereocenters. The van der Waals surface area contributed by atoms with Gasteiger partial charge in [0.05, 0.1) is 18.7 Å². The first-order valence-electron chi connectivity index (χ1n) is 8.67. The Morgan fingerprint density at radius 3 is 2.52 bits per heavy atom. The van der Waals surface area contributed by atoms with Crippen molar-refractivity contribution in [2.75, 3.05) is 7.11 Å². The highest BCUT2D eigenvalue weighted by Crippen LogP contribution is 2.28. The van der Waals surface area contributed by atoms with Crippen molar-refractivity contribution >= 4 is 17.7 Å². The number of ether oxygens (including phenoxy) is 1. The molecular weight excluding hydrogens is 330 g/mol. The number of carbonyl (C=O) groups excluding carboxylic acids is 1. The van der Waals surface area contributed by atoms with Crippen molar-refractivity contribution < 1.29 is 9.53 Å². The molecular formula is C21H27NO2S. The Morgan fingerprint density at radius 1 is 1.20 bits per heavy atom. The smallest absolute Gasteiger partial charge is 0.252 e. The van der Waals surface area contributed by atoms with Crippen LogP contribution in [0.4, 0.5) is 0 Å². The van der Waals surface area contributed by atoms with E-state index < -0.39 is 0 Å². The van der Waals surface area contributed by atoms with Crippen molar-refractivity contribution in [2.45, 2.75) is 50.3 Å². The van der Waals surface area contributed by atoms with E-state index in [9.17, 15) is 4.79 Å². The second-order valence-corrected chi connectivity index (χ2v) is 7.94. The summed E-state index contributed by atoms with van der Waals surface area (Å²) in [5.41, 5.74) is 2.91. The molecule has 0 saturated heterocycles. The molecule has 0 bridgehead atoms. The van der Waals surface area contributed by atoms with Gasteiger partial charge in [-0.3, -0.25) is 4.79 Å². The lowest BCUT2D eigenvalue weighted by atomic mass is 10.0. The summed E-state index contributed by atoms with van der Waals surface area (Å²) >= 11 is 1.71. The zero-order chi connectivity index (χ0) is 18.4.